The van der Waals surface area contributed by atoms with Crippen molar-refractivity contribution in [2.75, 3.05) is 18.4 Å². The molecule has 1 unspecified atom stereocenters. The number of morpholine rings is 1. The van der Waals surface area contributed by atoms with Gasteiger partial charge in [-0.05, 0) is 31.5 Å². The first-order valence-electron chi connectivity index (χ1n) is 6.30. The van der Waals surface area contributed by atoms with Gasteiger partial charge in [-0.25, -0.2) is 0 Å². The van der Waals surface area contributed by atoms with E-state index >= 15 is 0 Å². The van der Waals surface area contributed by atoms with Crippen LogP contribution in [0.4, 0.5) is 0 Å². The number of hydrogen-bond donors (Lipinski definition) is 0. The molecule has 1 aliphatic heterocycles. The van der Waals surface area contributed by atoms with E-state index in [-0.39, 0.29) is 11.7 Å². The Morgan fingerprint density at radius 1 is 1.37 bits per heavy atom. The van der Waals surface area contributed by atoms with Gasteiger partial charge in [0.15, 0.2) is 0 Å². The number of alkyl halides is 1. The number of benzene rings is 1. The normalized spacial score (nSPS) is 23.5. The van der Waals surface area contributed by atoms with Gasteiger partial charge >= 0.3 is 0 Å². The predicted molar refractivity (Wildman–Crippen MR) is 84.5 cm³/mol. The first kappa shape index (κ1) is 15.6. The minimum atomic E-state index is -0.118. The number of ether oxygens (including phenoxy) is 1. The molecule has 1 aliphatic rings. The maximum atomic E-state index is 6.06. The van der Waals surface area contributed by atoms with E-state index in [1.165, 1.54) is 5.56 Å². The molecule has 1 aromatic carbocycles. The number of rotatable bonds is 3. The van der Waals surface area contributed by atoms with Crippen molar-refractivity contribution in [2.24, 2.45) is 0 Å². The molecule has 0 spiro atoms. The molecule has 2 rings (SSSR count). The van der Waals surface area contributed by atoms with Gasteiger partial charge in [-0.3, -0.25) is 4.90 Å². The monoisotopic (exact) mass is 365 g/mol. The van der Waals surface area contributed by atoms with Crippen LogP contribution in [0.3, 0.4) is 0 Å². The summed E-state index contributed by atoms with van der Waals surface area (Å²) in [4.78, 5) is 2.40. The van der Waals surface area contributed by atoms with Crippen LogP contribution in [0.2, 0.25) is 10.0 Å². The average molecular weight is 367 g/mol. The molecule has 1 aromatic rings. The number of nitrogens with zero attached hydrogens (tertiary/aromatic N) is 1. The van der Waals surface area contributed by atoms with Gasteiger partial charge in [-0.15, -0.1) is 0 Å². The lowest BCUT2D eigenvalue weighted by atomic mass is 10.0. The molecule has 19 heavy (non-hydrogen) atoms. The van der Waals surface area contributed by atoms with Gasteiger partial charge in [-0.1, -0.05) is 45.2 Å². The Kier molecular flexibility index (Phi) is 5.18. The van der Waals surface area contributed by atoms with Gasteiger partial charge in [-0.2, -0.15) is 0 Å². The van der Waals surface area contributed by atoms with E-state index in [4.69, 9.17) is 27.9 Å². The molecular weight excluding hydrogens is 349 g/mol. The molecule has 0 aromatic heterocycles. The molecule has 1 heterocycles. The van der Waals surface area contributed by atoms with Crippen LogP contribution in [-0.4, -0.2) is 35.0 Å². The number of halogens is 3. The maximum Gasteiger partial charge on any atom is 0.0806 e. The summed E-state index contributed by atoms with van der Waals surface area (Å²) in [5.74, 6) is 0. The summed E-state index contributed by atoms with van der Waals surface area (Å²) >= 11 is 15.5. The van der Waals surface area contributed by atoms with Crippen molar-refractivity contribution in [2.45, 2.75) is 32.1 Å². The van der Waals surface area contributed by atoms with Gasteiger partial charge in [0.25, 0.3) is 0 Å². The SMILES string of the molecule is CC1(C)CN(Cc2ccc(Cl)c(Cl)c2)CC(CBr)O1. The van der Waals surface area contributed by atoms with Crippen LogP contribution in [0.15, 0.2) is 18.2 Å². The molecule has 1 atom stereocenters. The molecule has 0 saturated carbocycles. The lowest BCUT2D eigenvalue weighted by molar-refractivity contribution is -0.128. The predicted octanol–water partition coefficient (Wildman–Crippen LogP) is 4.37. The summed E-state index contributed by atoms with van der Waals surface area (Å²) < 4.78 is 6.00. The zero-order valence-electron chi connectivity index (χ0n) is 11.1. The highest BCUT2D eigenvalue weighted by Crippen LogP contribution is 2.26. The fourth-order valence-electron chi connectivity index (χ4n) is 2.51. The Morgan fingerprint density at radius 3 is 2.74 bits per heavy atom. The summed E-state index contributed by atoms with van der Waals surface area (Å²) in [6, 6.07) is 5.82. The van der Waals surface area contributed by atoms with Crippen molar-refractivity contribution in [3.8, 4) is 0 Å². The van der Waals surface area contributed by atoms with Crippen molar-refractivity contribution in [3.05, 3.63) is 33.8 Å². The molecule has 2 nitrogen and oxygen atoms in total. The smallest absolute Gasteiger partial charge is 0.0806 e. The van der Waals surface area contributed by atoms with Crippen LogP contribution in [-0.2, 0) is 11.3 Å². The highest BCUT2D eigenvalue weighted by Gasteiger charge is 2.32. The van der Waals surface area contributed by atoms with Gasteiger partial charge in [0.05, 0.1) is 21.8 Å². The summed E-state index contributed by atoms with van der Waals surface area (Å²) in [6.07, 6.45) is 0.228. The molecule has 106 valence electrons. The molecule has 0 aliphatic carbocycles. The molecule has 0 amide bonds. The molecule has 0 N–H and O–H groups in total. The van der Waals surface area contributed by atoms with Crippen LogP contribution in [0.25, 0.3) is 0 Å². The van der Waals surface area contributed by atoms with E-state index in [1.807, 2.05) is 18.2 Å². The Morgan fingerprint density at radius 2 is 2.11 bits per heavy atom. The highest BCUT2D eigenvalue weighted by molar-refractivity contribution is 9.09. The third kappa shape index (κ3) is 4.33. The quantitative estimate of drug-likeness (QED) is 0.736. The minimum Gasteiger partial charge on any atom is -0.369 e. The van der Waals surface area contributed by atoms with Gasteiger partial charge in [0.1, 0.15) is 0 Å². The Hall–Kier alpha value is 0.200. The van der Waals surface area contributed by atoms with Gasteiger partial charge < -0.3 is 4.74 Å². The summed E-state index contributed by atoms with van der Waals surface area (Å²) in [5, 5.41) is 2.07. The Bertz CT molecular complexity index is 453. The standard InChI is InChI=1S/C14H18BrCl2NO/c1-14(2)9-18(8-11(6-15)19-14)7-10-3-4-12(16)13(17)5-10/h3-5,11H,6-9H2,1-2H3. The van der Waals surface area contributed by atoms with Crippen molar-refractivity contribution in [1.29, 1.82) is 0 Å². The van der Waals surface area contributed by atoms with Crippen LogP contribution >= 0.6 is 39.1 Å². The largest absolute Gasteiger partial charge is 0.369 e. The second-order valence-electron chi connectivity index (χ2n) is 5.57. The topological polar surface area (TPSA) is 12.5 Å². The Balaban J connectivity index is 2.07. The molecule has 1 saturated heterocycles. The van der Waals surface area contributed by atoms with E-state index in [0.29, 0.717) is 10.0 Å². The van der Waals surface area contributed by atoms with E-state index in [1.54, 1.807) is 0 Å². The van der Waals surface area contributed by atoms with E-state index in [2.05, 4.69) is 34.7 Å². The summed E-state index contributed by atoms with van der Waals surface area (Å²) in [5.41, 5.74) is 1.06. The molecule has 0 bridgehead atoms. The van der Waals surface area contributed by atoms with E-state index < -0.39 is 0 Å². The second-order valence-corrected chi connectivity index (χ2v) is 7.03. The third-order valence-electron chi connectivity index (χ3n) is 3.11. The summed E-state index contributed by atoms with van der Waals surface area (Å²) in [7, 11) is 0. The number of hydrogen-bond acceptors (Lipinski definition) is 2. The van der Waals surface area contributed by atoms with Crippen molar-refractivity contribution < 1.29 is 4.74 Å². The van der Waals surface area contributed by atoms with Crippen LogP contribution in [0, 0.1) is 0 Å². The van der Waals surface area contributed by atoms with Crippen LogP contribution < -0.4 is 0 Å². The van der Waals surface area contributed by atoms with Crippen molar-refractivity contribution >= 4 is 39.1 Å². The van der Waals surface area contributed by atoms with Crippen LogP contribution in [0.1, 0.15) is 19.4 Å². The van der Waals surface area contributed by atoms with E-state index in [0.717, 1.165) is 25.0 Å². The fraction of sp³-hybridized carbons (Fsp3) is 0.571. The van der Waals surface area contributed by atoms with Crippen LogP contribution in [0.5, 0.6) is 0 Å². The Labute approximate surface area is 133 Å². The third-order valence-corrected chi connectivity index (χ3v) is 4.58. The van der Waals surface area contributed by atoms with Gasteiger partial charge in [0, 0.05) is 25.0 Å². The molecule has 0 radical (unpaired) electrons. The molecular formula is C14H18BrCl2NO. The molecule has 5 heteroatoms. The highest BCUT2D eigenvalue weighted by atomic mass is 79.9. The second kappa shape index (κ2) is 6.31. The maximum absolute atomic E-state index is 6.06. The minimum absolute atomic E-state index is 0.118. The van der Waals surface area contributed by atoms with Crippen molar-refractivity contribution in [1.82, 2.24) is 4.90 Å². The van der Waals surface area contributed by atoms with Gasteiger partial charge in [0.2, 0.25) is 0 Å². The first-order valence-corrected chi connectivity index (χ1v) is 8.17. The van der Waals surface area contributed by atoms with Crippen molar-refractivity contribution in [3.63, 3.8) is 0 Å². The lowest BCUT2D eigenvalue weighted by Gasteiger charge is -2.42. The van der Waals surface area contributed by atoms with E-state index in [9.17, 15) is 0 Å². The zero-order valence-corrected chi connectivity index (χ0v) is 14.2. The average Bonchev–Trinajstić information content (AvgIpc) is 2.32. The lowest BCUT2D eigenvalue weighted by Crippen LogP contribution is -2.52. The fourth-order valence-corrected chi connectivity index (χ4v) is 3.17. The zero-order chi connectivity index (χ0) is 14.0. The first-order chi connectivity index (χ1) is 8.89. The molecule has 1 fully saturated rings. The summed E-state index contributed by atoms with van der Waals surface area (Å²) in [6.45, 7) is 6.96.